The quantitative estimate of drug-likeness (QED) is 0.544. The Kier molecular flexibility index (Phi) is 8.10. The maximum absolute atomic E-state index is 12.8. The van der Waals surface area contributed by atoms with Crippen molar-refractivity contribution in [2.75, 3.05) is 53.5 Å². The lowest BCUT2D eigenvalue weighted by molar-refractivity contribution is -0.131. The number of carbonyl (C=O) groups excluding carboxylic acids is 1. The van der Waals surface area contributed by atoms with Crippen molar-refractivity contribution in [3.8, 4) is 22.1 Å². The van der Waals surface area contributed by atoms with Crippen LogP contribution in [0.3, 0.4) is 0 Å². The number of nitrogens with zero attached hydrogens (tertiary/aromatic N) is 4. The van der Waals surface area contributed by atoms with Crippen LogP contribution in [0.1, 0.15) is 19.5 Å². The minimum absolute atomic E-state index is 0.0472. The smallest absolute Gasteiger partial charge is 0.282 e. The van der Waals surface area contributed by atoms with E-state index in [9.17, 15) is 13.2 Å². The molecule has 1 fully saturated rings. The monoisotopic (exact) mass is 482 g/mol. The number of ether oxygens (including phenoxy) is 2. The van der Waals surface area contributed by atoms with Crippen molar-refractivity contribution in [3.05, 3.63) is 29.3 Å². The van der Waals surface area contributed by atoms with Gasteiger partial charge in [-0.3, -0.25) is 4.79 Å². The van der Waals surface area contributed by atoms with Gasteiger partial charge in [-0.2, -0.15) is 17.0 Å². The molecule has 2 heterocycles. The van der Waals surface area contributed by atoms with Crippen molar-refractivity contribution in [1.82, 2.24) is 18.5 Å². The van der Waals surface area contributed by atoms with E-state index in [0.29, 0.717) is 56.5 Å². The van der Waals surface area contributed by atoms with Crippen LogP contribution in [0.5, 0.6) is 11.5 Å². The van der Waals surface area contributed by atoms with Gasteiger partial charge in [-0.05, 0) is 18.2 Å². The number of rotatable bonds is 9. The summed E-state index contributed by atoms with van der Waals surface area (Å²) in [4.78, 5) is 19.1. The summed E-state index contributed by atoms with van der Waals surface area (Å²) in [5.41, 5.74) is 1.59. The number of carbonyl (C=O) groups is 1. The lowest BCUT2D eigenvalue weighted by atomic mass is 10.2. The van der Waals surface area contributed by atoms with Gasteiger partial charge in [-0.1, -0.05) is 13.8 Å². The molecule has 1 saturated heterocycles. The fourth-order valence-electron chi connectivity index (χ4n) is 3.64. The van der Waals surface area contributed by atoms with Crippen molar-refractivity contribution in [3.63, 3.8) is 0 Å². The summed E-state index contributed by atoms with van der Waals surface area (Å²) < 4.78 is 38.8. The number of methoxy groups -OCH3 is 2. The maximum Gasteiger partial charge on any atom is 0.282 e. The second-order valence-corrected chi connectivity index (χ2v) is 10.0. The van der Waals surface area contributed by atoms with Gasteiger partial charge < -0.3 is 14.4 Å². The minimum Gasteiger partial charge on any atom is -0.493 e. The Bertz CT molecular complexity index is 1030. The number of amides is 1. The molecule has 9 nitrogen and oxygen atoms in total. The molecule has 0 N–H and O–H groups in total. The molecule has 0 radical (unpaired) electrons. The van der Waals surface area contributed by atoms with Gasteiger partial charge in [-0.25, -0.2) is 4.98 Å². The molecule has 0 unspecified atom stereocenters. The van der Waals surface area contributed by atoms with E-state index in [1.807, 2.05) is 37.4 Å². The molecule has 1 aliphatic heterocycles. The third-order valence-electron chi connectivity index (χ3n) is 5.46. The summed E-state index contributed by atoms with van der Waals surface area (Å²) in [6, 6.07) is 5.59. The summed E-state index contributed by atoms with van der Waals surface area (Å²) in [5, 5.41) is 2.68. The third-order valence-corrected chi connectivity index (χ3v) is 8.59. The van der Waals surface area contributed by atoms with E-state index < -0.39 is 10.2 Å². The van der Waals surface area contributed by atoms with E-state index in [4.69, 9.17) is 9.47 Å². The molecule has 3 rings (SSSR count). The number of hydrogen-bond donors (Lipinski definition) is 0. The highest BCUT2D eigenvalue weighted by Gasteiger charge is 2.32. The molecule has 0 bridgehead atoms. The van der Waals surface area contributed by atoms with Gasteiger partial charge in [0, 0.05) is 50.2 Å². The average Bonchev–Trinajstić information content (AvgIpc) is 3.27. The molecule has 0 atom stereocenters. The van der Waals surface area contributed by atoms with Crippen molar-refractivity contribution < 1.29 is 22.7 Å². The van der Waals surface area contributed by atoms with Crippen molar-refractivity contribution in [2.24, 2.45) is 0 Å². The van der Waals surface area contributed by atoms with Crippen molar-refractivity contribution in [1.29, 1.82) is 0 Å². The van der Waals surface area contributed by atoms with Crippen LogP contribution < -0.4 is 9.47 Å². The van der Waals surface area contributed by atoms with Gasteiger partial charge in [0.05, 0.1) is 26.3 Å². The Morgan fingerprint density at radius 1 is 1.09 bits per heavy atom. The molecular formula is C21H30N4O5S2. The van der Waals surface area contributed by atoms with Crippen molar-refractivity contribution in [2.45, 2.75) is 20.3 Å². The van der Waals surface area contributed by atoms with Crippen LogP contribution >= 0.6 is 11.3 Å². The predicted octanol–water partition coefficient (Wildman–Crippen LogP) is 2.10. The summed E-state index contributed by atoms with van der Waals surface area (Å²) in [6.07, 6.45) is 0.187. The van der Waals surface area contributed by atoms with Gasteiger partial charge >= 0.3 is 0 Å². The number of aromatic nitrogens is 1. The molecule has 0 spiro atoms. The maximum atomic E-state index is 12.8. The molecule has 0 saturated carbocycles. The highest BCUT2D eigenvalue weighted by molar-refractivity contribution is 7.86. The largest absolute Gasteiger partial charge is 0.493 e. The first kappa shape index (κ1) is 24.4. The summed E-state index contributed by atoms with van der Waals surface area (Å²) in [7, 11) is -0.301. The number of thiazole rings is 1. The van der Waals surface area contributed by atoms with Gasteiger partial charge in [0.15, 0.2) is 11.5 Å². The van der Waals surface area contributed by atoms with Crippen LogP contribution in [0.25, 0.3) is 10.6 Å². The molecule has 2 aromatic rings. The van der Waals surface area contributed by atoms with Gasteiger partial charge in [-0.15, -0.1) is 11.3 Å². The second kappa shape index (κ2) is 10.6. The third kappa shape index (κ3) is 5.22. The Morgan fingerprint density at radius 3 is 2.34 bits per heavy atom. The van der Waals surface area contributed by atoms with Crippen LogP contribution in [-0.2, 0) is 21.4 Å². The van der Waals surface area contributed by atoms with Crippen LogP contribution in [0, 0.1) is 0 Å². The highest BCUT2D eigenvalue weighted by Crippen LogP contribution is 2.33. The van der Waals surface area contributed by atoms with Gasteiger partial charge in [0.25, 0.3) is 10.2 Å². The lowest BCUT2D eigenvalue weighted by Gasteiger charge is -2.36. The Balaban J connectivity index is 1.61. The van der Waals surface area contributed by atoms with Crippen LogP contribution in [0.2, 0.25) is 0 Å². The van der Waals surface area contributed by atoms with E-state index in [0.717, 1.165) is 10.6 Å². The first-order chi connectivity index (χ1) is 15.3. The zero-order valence-electron chi connectivity index (χ0n) is 18.9. The van der Waals surface area contributed by atoms with Crippen LogP contribution in [-0.4, -0.2) is 86.3 Å². The molecule has 0 aliphatic carbocycles. The lowest BCUT2D eigenvalue weighted by Crippen LogP contribution is -2.54. The average molecular weight is 483 g/mol. The SMILES string of the molecule is CCN(CC)S(=O)(=O)N1CCN(C(=O)Cc2csc(-c3ccc(OC)c(OC)c3)n2)CC1. The first-order valence-corrected chi connectivity index (χ1v) is 12.8. The summed E-state index contributed by atoms with van der Waals surface area (Å²) in [5.74, 6) is 1.22. The number of piperazine rings is 1. The van der Waals surface area contributed by atoms with E-state index >= 15 is 0 Å². The summed E-state index contributed by atoms with van der Waals surface area (Å²) in [6.45, 7) is 5.89. The summed E-state index contributed by atoms with van der Waals surface area (Å²) >= 11 is 1.46. The fraction of sp³-hybridized carbons (Fsp3) is 0.524. The van der Waals surface area contributed by atoms with Crippen LogP contribution in [0.4, 0.5) is 0 Å². The molecule has 1 amide bonds. The van der Waals surface area contributed by atoms with E-state index in [2.05, 4.69) is 4.98 Å². The fourth-order valence-corrected chi connectivity index (χ4v) is 6.06. The molecule has 11 heteroatoms. The Hall–Kier alpha value is -2.21. The standard InChI is InChI=1S/C21H30N4O5S2/c1-5-24(6-2)32(27,28)25-11-9-23(10-12-25)20(26)14-17-15-31-21(22-17)16-7-8-18(29-3)19(13-16)30-4/h7-8,13,15H,5-6,9-12,14H2,1-4H3. The minimum atomic E-state index is -3.47. The van der Waals surface area contributed by atoms with Crippen molar-refractivity contribution >= 4 is 27.5 Å². The second-order valence-electron chi connectivity index (χ2n) is 7.26. The van der Waals surface area contributed by atoms with Gasteiger partial charge in [0.1, 0.15) is 5.01 Å². The molecule has 176 valence electrons. The highest BCUT2D eigenvalue weighted by atomic mass is 32.2. The van der Waals surface area contributed by atoms with E-state index in [1.54, 1.807) is 19.1 Å². The first-order valence-electron chi connectivity index (χ1n) is 10.5. The van der Waals surface area contributed by atoms with Crippen LogP contribution in [0.15, 0.2) is 23.6 Å². The molecule has 1 aliphatic rings. The topological polar surface area (TPSA) is 92.3 Å². The number of benzene rings is 1. The van der Waals surface area contributed by atoms with E-state index in [-0.39, 0.29) is 12.3 Å². The Labute approximate surface area is 193 Å². The number of hydrogen-bond acceptors (Lipinski definition) is 7. The molecule has 1 aromatic heterocycles. The zero-order chi connectivity index (χ0) is 23.3. The normalized spacial score (nSPS) is 15.2. The molecule has 32 heavy (non-hydrogen) atoms. The predicted molar refractivity (Wildman–Crippen MR) is 124 cm³/mol. The molecular weight excluding hydrogens is 452 g/mol. The van der Waals surface area contributed by atoms with E-state index in [1.165, 1.54) is 19.9 Å². The Morgan fingerprint density at radius 2 is 1.75 bits per heavy atom. The zero-order valence-corrected chi connectivity index (χ0v) is 20.5. The van der Waals surface area contributed by atoms with Gasteiger partial charge in [0.2, 0.25) is 5.91 Å². The molecule has 1 aromatic carbocycles.